The van der Waals surface area contributed by atoms with Gasteiger partial charge < -0.3 is 17.2 Å². The number of aliphatic imine (C=N–C) groups is 2. The topological polar surface area (TPSA) is 103 Å². The Labute approximate surface area is 113 Å². The number of nitrogens with zero attached hydrogens (tertiary/aromatic N) is 2. The largest absolute Gasteiger partial charge is 0.419 e. The second-order valence-electron chi connectivity index (χ2n) is 3.39. The number of alkyl halides is 3. The minimum atomic E-state index is -5.11. The van der Waals surface area contributed by atoms with E-state index in [1.165, 1.54) is 0 Å². The SMILES string of the molecule is NC(N)=NC(N)=Nc1c(Cl)cc(C(F)(F)F)c(F)c1F. The van der Waals surface area contributed by atoms with Crippen molar-refractivity contribution in [3.05, 3.63) is 28.3 Å². The Morgan fingerprint density at radius 1 is 1.10 bits per heavy atom. The van der Waals surface area contributed by atoms with Gasteiger partial charge in [-0.1, -0.05) is 11.6 Å². The highest BCUT2D eigenvalue weighted by Crippen LogP contribution is 2.39. The number of rotatable bonds is 1. The molecule has 20 heavy (non-hydrogen) atoms. The van der Waals surface area contributed by atoms with Crippen LogP contribution in [-0.4, -0.2) is 11.9 Å². The summed E-state index contributed by atoms with van der Waals surface area (Å²) in [5.74, 6) is -5.31. The van der Waals surface area contributed by atoms with Crippen LogP contribution in [-0.2, 0) is 6.18 Å². The molecule has 1 rings (SSSR count). The number of halogens is 6. The smallest absolute Gasteiger partial charge is 0.370 e. The number of benzene rings is 1. The molecular formula is C9H7ClF5N5. The molecule has 1 aromatic rings. The molecule has 110 valence electrons. The van der Waals surface area contributed by atoms with Crippen LogP contribution in [0.25, 0.3) is 0 Å². The molecule has 0 amide bonds. The van der Waals surface area contributed by atoms with E-state index in [1.807, 2.05) is 0 Å². The van der Waals surface area contributed by atoms with Crippen molar-refractivity contribution in [2.24, 2.45) is 27.2 Å². The standard InChI is InChI=1S/C9H7ClF5N5/c10-3-1-2(9(13,14)15)4(11)5(12)6(3)19-8(18)20-7(16)17/h1H,(H6,16,17,18,19,20). The summed E-state index contributed by atoms with van der Waals surface area (Å²) in [6.45, 7) is 0. The number of hydrogen-bond acceptors (Lipinski definition) is 1. The van der Waals surface area contributed by atoms with Crippen molar-refractivity contribution in [2.45, 2.75) is 6.18 Å². The molecule has 5 nitrogen and oxygen atoms in total. The van der Waals surface area contributed by atoms with E-state index in [9.17, 15) is 22.0 Å². The van der Waals surface area contributed by atoms with Crippen molar-refractivity contribution in [3.8, 4) is 0 Å². The molecule has 1 aromatic carbocycles. The number of guanidine groups is 2. The summed E-state index contributed by atoms with van der Waals surface area (Å²) in [5.41, 5.74) is 12.2. The van der Waals surface area contributed by atoms with E-state index in [-0.39, 0.29) is 6.07 Å². The van der Waals surface area contributed by atoms with Gasteiger partial charge in [-0.3, -0.25) is 0 Å². The Balaban J connectivity index is 3.46. The molecule has 0 radical (unpaired) electrons. The first kappa shape index (κ1) is 16.0. The highest BCUT2D eigenvalue weighted by atomic mass is 35.5. The van der Waals surface area contributed by atoms with Crippen LogP contribution < -0.4 is 17.2 Å². The fourth-order valence-corrected chi connectivity index (χ4v) is 1.40. The van der Waals surface area contributed by atoms with E-state index in [4.69, 9.17) is 28.8 Å². The summed E-state index contributed by atoms with van der Waals surface area (Å²) in [4.78, 5) is 6.40. The molecule has 0 unspecified atom stereocenters. The van der Waals surface area contributed by atoms with Gasteiger partial charge in [0.1, 0.15) is 5.69 Å². The zero-order chi connectivity index (χ0) is 15.7. The third kappa shape index (κ3) is 3.47. The second-order valence-corrected chi connectivity index (χ2v) is 3.79. The molecule has 0 bridgehead atoms. The van der Waals surface area contributed by atoms with Gasteiger partial charge in [-0.2, -0.15) is 18.2 Å². The molecule has 0 fully saturated rings. The molecular weight excluding hydrogens is 309 g/mol. The predicted octanol–water partition coefficient (Wildman–Crippen LogP) is 1.86. The first-order valence-corrected chi connectivity index (χ1v) is 5.10. The van der Waals surface area contributed by atoms with Gasteiger partial charge in [0.25, 0.3) is 0 Å². The molecule has 0 aliphatic carbocycles. The lowest BCUT2D eigenvalue weighted by atomic mass is 10.1. The first-order chi connectivity index (χ1) is 9.04. The molecule has 0 saturated carbocycles. The van der Waals surface area contributed by atoms with E-state index in [2.05, 4.69) is 9.98 Å². The van der Waals surface area contributed by atoms with E-state index in [0.29, 0.717) is 0 Å². The van der Waals surface area contributed by atoms with E-state index >= 15 is 0 Å². The molecule has 0 saturated heterocycles. The Morgan fingerprint density at radius 3 is 2.10 bits per heavy atom. The lowest BCUT2D eigenvalue weighted by molar-refractivity contribution is -0.140. The van der Waals surface area contributed by atoms with Crippen molar-refractivity contribution in [1.82, 2.24) is 0 Å². The van der Waals surface area contributed by atoms with Gasteiger partial charge in [0, 0.05) is 0 Å². The van der Waals surface area contributed by atoms with Crippen molar-refractivity contribution < 1.29 is 22.0 Å². The molecule has 6 N–H and O–H groups in total. The van der Waals surface area contributed by atoms with Crippen LogP contribution in [0.4, 0.5) is 27.6 Å². The van der Waals surface area contributed by atoms with Crippen LogP contribution in [0.3, 0.4) is 0 Å². The normalized spacial score (nSPS) is 12.4. The average Bonchev–Trinajstić information content (AvgIpc) is 2.26. The first-order valence-electron chi connectivity index (χ1n) is 4.72. The Hall–Kier alpha value is -2.10. The third-order valence-electron chi connectivity index (χ3n) is 1.91. The minimum Gasteiger partial charge on any atom is -0.370 e. The van der Waals surface area contributed by atoms with Gasteiger partial charge in [0.15, 0.2) is 17.6 Å². The lowest BCUT2D eigenvalue weighted by Crippen LogP contribution is -2.26. The van der Waals surface area contributed by atoms with Crippen LogP contribution in [0, 0.1) is 11.6 Å². The monoisotopic (exact) mass is 315 g/mol. The van der Waals surface area contributed by atoms with Crippen LogP contribution in [0.1, 0.15) is 5.56 Å². The minimum absolute atomic E-state index is 0.182. The van der Waals surface area contributed by atoms with Gasteiger partial charge >= 0.3 is 6.18 Å². The summed E-state index contributed by atoms with van der Waals surface area (Å²) in [6, 6.07) is 0.182. The highest BCUT2D eigenvalue weighted by Gasteiger charge is 2.37. The van der Waals surface area contributed by atoms with Gasteiger partial charge in [-0.05, 0) is 6.07 Å². The molecule has 0 spiro atoms. The number of nitrogens with two attached hydrogens (primary N) is 3. The van der Waals surface area contributed by atoms with E-state index < -0.39 is 46.0 Å². The summed E-state index contributed by atoms with van der Waals surface area (Å²) < 4.78 is 64.0. The van der Waals surface area contributed by atoms with E-state index in [1.54, 1.807) is 0 Å². The average molecular weight is 316 g/mol. The molecule has 11 heteroatoms. The summed E-state index contributed by atoms with van der Waals surface area (Å²) in [6.07, 6.45) is -5.11. The van der Waals surface area contributed by atoms with Gasteiger partial charge in [-0.25, -0.2) is 13.8 Å². The zero-order valence-electron chi connectivity index (χ0n) is 9.47. The zero-order valence-corrected chi connectivity index (χ0v) is 10.2. The third-order valence-corrected chi connectivity index (χ3v) is 2.20. The molecule has 0 aromatic heterocycles. The predicted molar refractivity (Wildman–Crippen MR) is 63.5 cm³/mol. The summed E-state index contributed by atoms with van der Waals surface area (Å²) in [7, 11) is 0. The fourth-order valence-electron chi connectivity index (χ4n) is 1.17. The van der Waals surface area contributed by atoms with Crippen LogP contribution in [0.2, 0.25) is 5.02 Å². The van der Waals surface area contributed by atoms with Crippen LogP contribution >= 0.6 is 11.6 Å². The molecule has 0 aliphatic rings. The summed E-state index contributed by atoms with van der Waals surface area (Å²) in [5, 5.41) is -0.801. The Kier molecular flexibility index (Phi) is 4.38. The molecule has 0 aliphatic heterocycles. The maximum Gasteiger partial charge on any atom is 0.419 e. The van der Waals surface area contributed by atoms with E-state index in [0.717, 1.165) is 0 Å². The summed E-state index contributed by atoms with van der Waals surface area (Å²) >= 11 is 5.41. The van der Waals surface area contributed by atoms with Gasteiger partial charge in [0.05, 0.1) is 10.6 Å². The fraction of sp³-hybridized carbons (Fsp3) is 0.111. The highest BCUT2D eigenvalue weighted by molar-refractivity contribution is 6.33. The number of hydrogen-bond donors (Lipinski definition) is 3. The van der Waals surface area contributed by atoms with Crippen LogP contribution in [0.5, 0.6) is 0 Å². The maximum atomic E-state index is 13.5. The van der Waals surface area contributed by atoms with Crippen molar-refractivity contribution >= 4 is 29.2 Å². The molecule has 0 heterocycles. The van der Waals surface area contributed by atoms with Crippen molar-refractivity contribution in [1.29, 1.82) is 0 Å². The van der Waals surface area contributed by atoms with Gasteiger partial charge in [0.2, 0.25) is 5.96 Å². The second kappa shape index (κ2) is 5.49. The quantitative estimate of drug-likeness (QED) is 0.319. The van der Waals surface area contributed by atoms with Crippen molar-refractivity contribution in [3.63, 3.8) is 0 Å². The van der Waals surface area contributed by atoms with Gasteiger partial charge in [-0.15, -0.1) is 0 Å². The Bertz CT molecular complexity index is 591. The lowest BCUT2D eigenvalue weighted by Gasteiger charge is -2.11. The van der Waals surface area contributed by atoms with Crippen molar-refractivity contribution in [2.75, 3.05) is 0 Å². The van der Waals surface area contributed by atoms with Crippen LogP contribution in [0.15, 0.2) is 16.1 Å². The Morgan fingerprint density at radius 2 is 1.65 bits per heavy atom. The molecule has 0 atom stereocenters. The maximum absolute atomic E-state index is 13.5.